The number of aryl methyl sites for hydroxylation is 1. The summed E-state index contributed by atoms with van der Waals surface area (Å²) < 4.78 is 1.75. The fourth-order valence-electron chi connectivity index (χ4n) is 1.03. The molecule has 0 saturated heterocycles. The normalized spacial score (nSPS) is 10.1. The second-order valence-corrected chi connectivity index (χ2v) is 4.25. The van der Waals surface area contributed by atoms with E-state index in [1.54, 1.807) is 23.2 Å². The van der Waals surface area contributed by atoms with Crippen LogP contribution < -0.4 is 0 Å². The molecule has 16 heavy (non-hydrogen) atoms. The van der Waals surface area contributed by atoms with Gasteiger partial charge in [0.1, 0.15) is 17.4 Å². The van der Waals surface area contributed by atoms with Crippen LogP contribution in [0.15, 0.2) is 28.8 Å². The van der Waals surface area contributed by atoms with Crippen LogP contribution in [0.1, 0.15) is 5.56 Å². The molecule has 0 saturated carbocycles. The Kier molecular flexibility index (Phi) is 3.08. The van der Waals surface area contributed by atoms with Crippen molar-refractivity contribution in [3.8, 4) is 6.07 Å². The van der Waals surface area contributed by atoms with Crippen LogP contribution in [0.3, 0.4) is 0 Å². The molecule has 2 aromatic rings. The van der Waals surface area contributed by atoms with Crippen molar-refractivity contribution in [1.82, 2.24) is 19.7 Å². The lowest BCUT2D eigenvalue weighted by Gasteiger charge is -2.02. The average molecular weight is 252 g/mol. The highest BCUT2D eigenvalue weighted by Crippen LogP contribution is 2.31. The maximum atomic E-state index is 8.82. The predicted molar refractivity (Wildman–Crippen MR) is 59.1 cm³/mol. The van der Waals surface area contributed by atoms with Gasteiger partial charge in [0.05, 0.1) is 10.6 Å². The Balaban J connectivity index is 2.36. The highest BCUT2D eigenvalue weighted by Gasteiger charge is 2.11. The highest BCUT2D eigenvalue weighted by atomic mass is 35.5. The first-order valence-electron chi connectivity index (χ1n) is 4.29. The van der Waals surface area contributed by atoms with E-state index in [-0.39, 0.29) is 0 Å². The number of nitriles is 1. The largest absolute Gasteiger partial charge is 0.311 e. The van der Waals surface area contributed by atoms with Crippen molar-refractivity contribution < 1.29 is 0 Å². The number of rotatable bonds is 2. The Morgan fingerprint density at radius 3 is 3.00 bits per heavy atom. The van der Waals surface area contributed by atoms with Crippen molar-refractivity contribution in [3.05, 3.63) is 29.2 Å². The van der Waals surface area contributed by atoms with E-state index in [2.05, 4.69) is 15.2 Å². The summed E-state index contributed by atoms with van der Waals surface area (Å²) in [6.07, 6.45) is 3.13. The van der Waals surface area contributed by atoms with Crippen LogP contribution in [0, 0.1) is 11.3 Å². The van der Waals surface area contributed by atoms with Crippen molar-refractivity contribution >= 4 is 23.4 Å². The third-order valence-electron chi connectivity index (χ3n) is 1.84. The zero-order valence-electron chi connectivity index (χ0n) is 8.25. The summed E-state index contributed by atoms with van der Waals surface area (Å²) in [5.41, 5.74) is 0.404. The Labute approximate surface area is 101 Å². The van der Waals surface area contributed by atoms with Gasteiger partial charge in [0.15, 0.2) is 5.16 Å². The lowest BCUT2D eigenvalue weighted by molar-refractivity contribution is 0.787. The molecule has 0 N–H and O–H groups in total. The molecule has 0 unspecified atom stereocenters. The first-order chi connectivity index (χ1) is 7.72. The molecule has 5 nitrogen and oxygen atoms in total. The maximum absolute atomic E-state index is 8.82. The molecule has 0 aliphatic rings. The van der Waals surface area contributed by atoms with Crippen LogP contribution in [0.4, 0.5) is 0 Å². The van der Waals surface area contributed by atoms with E-state index in [0.717, 1.165) is 0 Å². The van der Waals surface area contributed by atoms with Gasteiger partial charge in [-0.2, -0.15) is 5.26 Å². The van der Waals surface area contributed by atoms with Crippen molar-refractivity contribution in [3.63, 3.8) is 0 Å². The molecule has 0 aromatic carbocycles. The predicted octanol–water partition coefficient (Wildman–Crippen LogP) is 1.89. The lowest BCUT2D eigenvalue weighted by atomic mass is 10.3. The standard InChI is InChI=1S/C9H6ClN5S/c1-15-5-13-14-9(15)16-8-7(10)6(4-11)2-3-12-8/h2-3,5H,1H3. The van der Waals surface area contributed by atoms with Crippen molar-refractivity contribution in [2.45, 2.75) is 10.2 Å². The number of hydrogen-bond donors (Lipinski definition) is 0. The fourth-order valence-corrected chi connectivity index (χ4v) is 2.07. The third-order valence-corrected chi connectivity index (χ3v) is 3.39. The maximum Gasteiger partial charge on any atom is 0.197 e. The van der Waals surface area contributed by atoms with Gasteiger partial charge < -0.3 is 4.57 Å². The molecule has 2 heterocycles. The summed E-state index contributed by atoms with van der Waals surface area (Å²) in [6, 6.07) is 3.57. The second-order valence-electron chi connectivity index (χ2n) is 2.92. The first kappa shape index (κ1) is 10.9. The van der Waals surface area contributed by atoms with Gasteiger partial charge in [0.2, 0.25) is 0 Å². The van der Waals surface area contributed by atoms with Gasteiger partial charge >= 0.3 is 0 Å². The van der Waals surface area contributed by atoms with Crippen molar-refractivity contribution in [1.29, 1.82) is 5.26 Å². The van der Waals surface area contributed by atoms with E-state index >= 15 is 0 Å². The van der Waals surface area contributed by atoms with Gasteiger partial charge in [0, 0.05) is 13.2 Å². The Hall–Kier alpha value is -1.58. The molecule has 7 heteroatoms. The lowest BCUT2D eigenvalue weighted by Crippen LogP contribution is -1.91. The second kappa shape index (κ2) is 4.51. The van der Waals surface area contributed by atoms with E-state index in [1.165, 1.54) is 11.8 Å². The van der Waals surface area contributed by atoms with E-state index in [9.17, 15) is 0 Å². The van der Waals surface area contributed by atoms with Gasteiger partial charge in [-0.3, -0.25) is 0 Å². The average Bonchev–Trinajstić information content (AvgIpc) is 2.68. The highest BCUT2D eigenvalue weighted by molar-refractivity contribution is 7.99. The van der Waals surface area contributed by atoms with E-state index in [4.69, 9.17) is 16.9 Å². The van der Waals surface area contributed by atoms with Crippen LogP contribution in [0.25, 0.3) is 0 Å². The summed E-state index contributed by atoms with van der Waals surface area (Å²) in [4.78, 5) is 4.10. The quantitative estimate of drug-likeness (QED) is 0.815. The minimum Gasteiger partial charge on any atom is -0.311 e. The minimum absolute atomic E-state index is 0.345. The molecule has 80 valence electrons. The molecular formula is C9H6ClN5S. The number of hydrogen-bond acceptors (Lipinski definition) is 5. The molecule has 0 fully saturated rings. The van der Waals surface area contributed by atoms with Gasteiger partial charge in [-0.1, -0.05) is 11.6 Å². The Bertz CT molecular complexity index is 559. The molecule has 0 radical (unpaired) electrons. The molecule has 0 aliphatic carbocycles. The van der Waals surface area contributed by atoms with Crippen LogP contribution in [0.2, 0.25) is 5.02 Å². The third kappa shape index (κ3) is 2.01. The van der Waals surface area contributed by atoms with Crippen molar-refractivity contribution in [2.75, 3.05) is 0 Å². The topological polar surface area (TPSA) is 67.4 Å². The minimum atomic E-state index is 0.345. The number of pyridine rings is 1. The number of aromatic nitrogens is 4. The molecule has 0 amide bonds. The molecule has 0 atom stereocenters. The zero-order valence-corrected chi connectivity index (χ0v) is 9.83. The van der Waals surface area contributed by atoms with Crippen LogP contribution in [-0.2, 0) is 7.05 Å². The fraction of sp³-hybridized carbons (Fsp3) is 0.111. The summed E-state index contributed by atoms with van der Waals surface area (Å²) in [6.45, 7) is 0. The monoisotopic (exact) mass is 251 g/mol. The SMILES string of the molecule is Cn1cnnc1Sc1nccc(C#N)c1Cl. The van der Waals surface area contributed by atoms with Crippen LogP contribution in [0.5, 0.6) is 0 Å². The Morgan fingerprint density at radius 2 is 2.38 bits per heavy atom. The van der Waals surface area contributed by atoms with Gasteiger partial charge in [0.25, 0.3) is 0 Å². The molecular weight excluding hydrogens is 246 g/mol. The molecule has 0 spiro atoms. The Morgan fingerprint density at radius 1 is 1.56 bits per heavy atom. The number of nitrogens with zero attached hydrogens (tertiary/aromatic N) is 5. The van der Waals surface area contributed by atoms with E-state index < -0.39 is 0 Å². The first-order valence-corrected chi connectivity index (χ1v) is 5.48. The van der Waals surface area contributed by atoms with E-state index in [1.807, 2.05) is 13.1 Å². The molecule has 0 aliphatic heterocycles. The summed E-state index contributed by atoms with van der Waals surface area (Å²) in [5.74, 6) is 0. The summed E-state index contributed by atoms with van der Waals surface area (Å²) in [5, 5.41) is 18.0. The smallest absolute Gasteiger partial charge is 0.197 e. The van der Waals surface area contributed by atoms with Gasteiger partial charge in [-0.25, -0.2) is 4.98 Å². The van der Waals surface area contributed by atoms with E-state index in [0.29, 0.717) is 20.8 Å². The summed E-state index contributed by atoms with van der Waals surface area (Å²) in [7, 11) is 1.82. The summed E-state index contributed by atoms with van der Waals surface area (Å²) >= 11 is 7.29. The molecule has 2 rings (SSSR count). The van der Waals surface area contributed by atoms with Gasteiger partial charge in [-0.15, -0.1) is 10.2 Å². The van der Waals surface area contributed by atoms with Crippen LogP contribution >= 0.6 is 23.4 Å². The molecule has 0 bridgehead atoms. The number of halogens is 1. The molecule has 2 aromatic heterocycles. The zero-order chi connectivity index (χ0) is 11.5. The van der Waals surface area contributed by atoms with Crippen LogP contribution in [-0.4, -0.2) is 19.7 Å². The van der Waals surface area contributed by atoms with Crippen molar-refractivity contribution in [2.24, 2.45) is 7.05 Å². The van der Waals surface area contributed by atoms with Gasteiger partial charge in [-0.05, 0) is 17.8 Å².